The minimum absolute atomic E-state index is 0.722. The van der Waals surface area contributed by atoms with Crippen molar-refractivity contribution in [1.29, 1.82) is 0 Å². The number of H-pyrrole nitrogens is 1. The molecule has 0 radical (unpaired) electrons. The number of rotatable bonds is 4. The van der Waals surface area contributed by atoms with Crippen molar-refractivity contribution in [2.24, 2.45) is 0 Å². The number of hydrogen-bond donors (Lipinski definition) is 2. The van der Waals surface area contributed by atoms with Crippen molar-refractivity contribution in [3.05, 3.63) is 59.8 Å². The third-order valence-electron chi connectivity index (χ3n) is 4.14. The summed E-state index contributed by atoms with van der Waals surface area (Å²) >= 11 is 0. The average molecular weight is 308 g/mol. The number of aromatic amines is 1. The third kappa shape index (κ3) is 3.03. The fourth-order valence-electron chi connectivity index (χ4n) is 2.96. The highest BCUT2D eigenvalue weighted by atomic mass is 16.5. The molecular weight excluding hydrogens is 288 g/mol. The van der Waals surface area contributed by atoms with Gasteiger partial charge < -0.3 is 19.8 Å². The van der Waals surface area contributed by atoms with Gasteiger partial charge in [-0.25, -0.2) is 0 Å². The topological polar surface area (TPSA) is 46.3 Å². The van der Waals surface area contributed by atoms with Crippen LogP contribution in [0.4, 0.5) is 0 Å². The SMILES string of the molecule is c1cc(CNCc2ccc3c(c2)OCCCO3)c2cc[nH]c2c1. The van der Waals surface area contributed by atoms with Gasteiger partial charge in [0, 0.05) is 36.6 Å². The van der Waals surface area contributed by atoms with Gasteiger partial charge in [0.2, 0.25) is 0 Å². The average Bonchev–Trinajstić information content (AvgIpc) is 2.94. The summed E-state index contributed by atoms with van der Waals surface area (Å²) in [6.07, 6.45) is 2.92. The first-order valence-corrected chi connectivity index (χ1v) is 8.04. The van der Waals surface area contributed by atoms with E-state index in [4.69, 9.17) is 9.47 Å². The van der Waals surface area contributed by atoms with Crippen LogP contribution in [-0.2, 0) is 13.1 Å². The Morgan fingerprint density at radius 3 is 2.83 bits per heavy atom. The molecule has 0 spiro atoms. The molecule has 3 aromatic rings. The van der Waals surface area contributed by atoms with E-state index in [0.29, 0.717) is 0 Å². The van der Waals surface area contributed by atoms with Crippen LogP contribution in [0, 0.1) is 0 Å². The molecule has 0 atom stereocenters. The van der Waals surface area contributed by atoms with E-state index in [1.54, 1.807) is 0 Å². The van der Waals surface area contributed by atoms with Crippen LogP contribution in [0.2, 0.25) is 0 Å². The Bertz CT molecular complexity index is 810. The second kappa shape index (κ2) is 6.34. The van der Waals surface area contributed by atoms with Gasteiger partial charge in [0.1, 0.15) is 0 Å². The van der Waals surface area contributed by atoms with Gasteiger partial charge in [-0.3, -0.25) is 0 Å². The molecule has 0 amide bonds. The third-order valence-corrected chi connectivity index (χ3v) is 4.14. The molecule has 0 saturated carbocycles. The predicted octanol–water partition coefficient (Wildman–Crippen LogP) is 3.62. The Balaban J connectivity index is 1.43. The first-order chi connectivity index (χ1) is 11.4. The molecule has 118 valence electrons. The van der Waals surface area contributed by atoms with Gasteiger partial charge in [-0.15, -0.1) is 0 Å². The van der Waals surface area contributed by atoms with Gasteiger partial charge in [-0.05, 0) is 35.4 Å². The lowest BCUT2D eigenvalue weighted by Crippen LogP contribution is -2.13. The van der Waals surface area contributed by atoms with Gasteiger partial charge in [0.25, 0.3) is 0 Å². The van der Waals surface area contributed by atoms with Crippen molar-refractivity contribution in [2.75, 3.05) is 13.2 Å². The van der Waals surface area contributed by atoms with E-state index in [2.05, 4.69) is 46.7 Å². The zero-order valence-electron chi connectivity index (χ0n) is 13.0. The van der Waals surface area contributed by atoms with Gasteiger partial charge in [-0.2, -0.15) is 0 Å². The van der Waals surface area contributed by atoms with E-state index >= 15 is 0 Å². The first-order valence-electron chi connectivity index (χ1n) is 8.04. The van der Waals surface area contributed by atoms with Crippen molar-refractivity contribution in [3.63, 3.8) is 0 Å². The summed E-state index contributed by atoms with van der Waals surface area (Å²) in [7, 11) is 0. The summed E-state index contributed by atoms with van der Waals surface area (Å²) < 4.78 is 11.4. The molecule has 4 rings (SSSR count). The monoisotopic (exact) mass is 308 g/mol. The zero-order valence-corrected chi connectivity index (χ0v) is 13.0. The maximum atomic E-state index is 5.74. The van der Waals surface area contributed by atoms with Crippen LogP contribution >= 0.6 is 0 Å². The summed E-state index contributed by atoms with van der Waals surface area (Å²) in [6.45, 7) is 3.09. The second-order valence-electron chi connectivity index (χ2n) is 5.79. The lowest BCUT2D eigenvalue weighted by molar-refractivity contribution is 0.297. The molecule has 0 bridgehead atoms. The highest BCUT2D eigenvalue weighted by Gasteiger charge is 2.10. The number of benzene rings is 2. The Labute approximate surface area is 135 Å². The molecule has 2 heterocycles. The highest BCUT2D eigenvalue weighted by Crippen LogP contribution is 2.30. The number of aromatic nitrogens is 1. The molecule has 1 aliphatic heterocycles. The summed E-state index contributed by atoms with van der Waals surface area (Å²) in [5.41, 5.74) is 3.69. The quantitative estimate of drug-likeness (QED) is 0.774. The maximum Gasteiger partial charge on any atom is 0.161 e. The summed E-state index contributed by atoms with van der Waals surface area (Å²) in [5.74, 6) is 1.71. The van der Waals surface area contributed by atoms with E-state index in [9.17, 15) is 0 Å². The lowest BCUT2D eigenvalue weighted by atomic mass is 10.1. The van der Waals surface area contributed by atoms with Crippen molar-refractivity contribution in [3.8, 4) is 11.5 Å². The van der Waals surface area contributed by atoms with E-state index < -0.39 is 0 Å². The summed E-state index contributed by atoms with van der Waals surface area (Å²) in [5, 5.41) is 4.79. The number of nitrogens with one attached hydrogen (secondary N) is 2. The summed E-state index contributed by atoms with van der Waals surface area (Å²) in [4.78, 5) is 3.25. The minimum atomic E-state index is 0.722. The molecule has 1 aliphatic rings. The molecule has 4 heteroatoms. The molecule has 2 N–H and O–H groups in total. The van der Waals surface area contributed by atoms with Crippen LogP contribution in [0.1, 0.15) is 17.5 Å². The van der Waals surface area contributed by atoms with Crippen LogP contribution in [-0.4, -0.2) is 18.2 Å². The molecular formula is C19H20N2O2. The van der Waals surface area contributed by atoms with Gasteiger partial charge in [-0.1, -0.05) is 18.2 Å². The van der Waals surface area contributed by atoms with Crippen LogP contribution in [0.15, 0.2) is 48.7 Å². The first kappa shape index (κ1) is 14.2. The largest absolute Gasteiger partial charge is 0.490 e. The molecule has 2 aromatic carbocycles. The van der Waals surface area contributed by atoms with E-state index in [1.165, 1.54) is 22.0 Å². The Morgan fingerprint density at radius 1 is 0.957 bits per heavy atom. The fraction of sp³-hybridized carbons (Fsp3) is 0.263. The molecule has 23 heavy (non-hydrogen) atoms. The van der Waals surface area contributed by atoms with Crippen LogP contribution < -0.4 is 14.8 Å². The van der Waals surface area contributed by atoms with Crippen LogP contribution in [0.3, 0.4) is 0 Å². The van der Waals surface area contributed by atoms with Gasteiger partial charge in [0.15, 0.2) is 11.5 Å². The smallest absolute Gasteiger partial charge is 0.161 e. The standard InChI is InChI=1S/C19H20N2O2/c1-3-15(16-7-8-21-17(16)4-1)13-20-12-14-5-6-18-19(11-14)23-10-2-9-22-18/h1,3-8,11,20-21H,2,9-10,12-13H2. The lowest BCUT2D eigenvalue weighted by Gasteiger charge is -2.10. The van der Waals surface area contributed by atoms with Crippen molar-refractivity contribution < 1.29 is 9.47 Å². The Hall–Kier alpha value is -2.46. The number of hydrogen-bond acceptors (Lipinski definition) is 3. The molecule has 1 aromatic heterocycles. The predicted molar refractivity (Wildman–Crippen MR) is 90.9 cm³/mol. The normalized spacial score (nSPS) is 13.9. The number of ether oxygens (including phenoxy) is 2. The number of fused-ring (bicyclic) bond motifs is 2. The van der Waals surface area contributed by atoms with Gasteiger partial charge >= 0.3 is 0 Å². The zero-order chi connectivity index (χ0) is 15.5. The summed E-state index contributed by atoms with van der Waals surface area (Å²) in [6, 6.07) is 14.6. The van der Waals surface area contributed by atoms with E-state index in [-0.39, 0.29) is 0 Å². The fourth-order valence-corrected chi connectivity index (χ4v) is 2.96. The molecule has 0 aliphatic carbocycles. The highest BCUT2D eigenvalue weighted by molar-refractivity contribution is 5.82. The van der Waals surface area contributed by atoms with Crippen LogP contribution in [0.5, 0.6) is 11.5 Å². The maximum absolute atomic E-state index is 5.74. The van der Waals surface area contributed by atoms with Gasteiger partial charge in [0.05, 0.1) is 13.2 Å². The molecule has 0 unspecified atom stereocenters. The van der Waals surface area contributed by atoms with Crippen molar-refractivity contribution in [2.45, 2.75) is 19.5 Å². The second-order valence-corrected chi connectivity index (χ2v) is 5.79. The molecule has 0 fully saturated rings. The molecule has 0 saturated heterocycles. The van der Waals surface area contributed by atoms with Crippen LogP contribution in [0.25, 0.3) is 10.9 Å². The molecule has 4 nitrogen and oxygen atoms in total. The van der Waals surface area contributed by atoms with E-state index in [0.717, 1.165) is 44.2 Å². The van der Waals surface area contributed by atoms with E-state index in [1.807, 2.05) is 12.3 Å². The Morgan fingerprint density at radius 2 is 1.87 bits per heavy atom. The Kier molecular flexibility index (Phi) is 3.90. The minimum Gasteiger partial charge on any atom is -0.490 e. The van der Waals surface area contributed by atoms with Crippen molar-refractivity contribution >= 4 is 10.9 Å². The van der Waals surface area contributed by atoms with Crippen molar-refractivity contribution in [1.82, 2.24) is 10.3 Å².